The van der Waals surface area contributed by atoms with E-state index in [2.05, 4.69) is 10.1 Å². The van der Waals surface area contributed by atoms with Crippen LogP contribution in [-0.2, 0) is 12.8 Å². The van der Waals surface area contributed by atoms with Gasteiger partial charge in [-0.2, -0.15) is 5.10 Å². The van der Waals surface area contributed by atoms with Crippen molar-refractivity contribution in [2.75, 3.05) is 0 Å². The Balaban J connectivity index is 1.83. The van der Waals surface area contributed by atoms with E-state index in [4.69, 9.17) is 0 Å². The maximum Gasteiger partial charge on any atom is 0.155 e. The first-order valence-electron chi connectivity index (χ1n) is 6.12. The van der Waals surface area contributed by atoms with E-state index in [1.807, 2.05) is 12.1 Å². The SMILES string of the molecule is Oc1ccc(Cc2nc3n(n2)C(O)CCC3)cc1. The summed E-state index contributed by atoms with van der Waals surface area (Å²) in [6.07, 6.45) is 2.66. The number of phenolic OH excluding ortho intramolecular Hbond substituents is 1. The van der Waals surface area contributed by atoms with E-state index in [0.29, 0.717) is 6.42 Å². The molecule has 1 unspecified atom stereocenters. The normalized spacial score (nSPS) is 18.6. The molecular formula is C13H15N3O2. The molecule has 0 fully saturated rings. The lowest BCUT2D eigenvalue weighted by molar-refractivity contribution is 0.0644. The molecule has 0 bridgehead atoms. The molecule has 2 aromatic rings. The number of aromatic nitrogens is 3. The standard InChI is InChI=1S/C13H15N3O2/c17-10-6-4-9(5-7-10)8-11-14-12-2-1-3-13(18)16(12)15-11/h4-7,13,17-18H,1-3,8H2. The van der Waals surface area contributed by atoms with Crippen LogP contribution < -0.4 is 0 Å². The fourth-order valence-corrected chi connectivity index (χ4v) is 2.25. The summed E-state index contributed by atoms with van der Waals surface area (Å²) < 4.78 is 1.62. The smallest absolute Gasteiger partial charge is 0.155 e. The van der Waals surface area contributed by atoms with Crippen molar-refractivity contribution in [1.29, 1.82) is 0 Å². The highest BCUT2D eigenvalue weighted by atomic mass is 16.3. The Bertz CT molecular complexity index is 548. The van der Waals surface area contributed by atoms with Crippen molar-refractivity contribution in [2.24, 2.45) is 0 Å². The maximum absolute atomic E-state index is 9.80. The minimum atomic E-state index is -0.533. The molecule has 1 aliphatic heterocycles. The molecule has 0 radical (unpaired) electrons. The highest BCUT2D eigenvalue weighted by Gasteiger charge is 2.20. The minimum absolute atomic E-state index is 0.256. The summed E-state index contributed by atoms with van der Waals surface area (Å²) in [5.74, 6) is 1.84. The number of aliphatic hydroxyl groups excluding tert-OH is 1. The van der Waals surface area contributed by atoms with Gasteiger partial charge in [0.1, 0.15) is 17.8 Å². The van der Waals surface area contributed by atoms with Gasteiger partial charge >= 0.3 is 0 Å². The number of aliphatic hydroxyl groups is 1. The lowest BCUT2D eigenvalue weighted by Gasteiger charge is -2.17. The molecule has 18 heavy (non-hydrogen) atoms. The second kappa shape index (κ2) is 4.42. The summed E-state index contributed by atoms with van der Waals surface area (Å²) in [5, 5.41) is 23.4. The highest BCUT2D eigenvalue weighted by Crippen LogP contribution is 2.21. The van der Waals surface area contributed by atoms with Crippen LogP contribution in [0.15, 0.2) is 24.3 Å². The minimum Gasteiger partial charge on any atom is -0.508 e. The van der Waals surface area contributed by atoms with Gasteiger partial charge in [0, 0.05) is 12.8 Å². The molecule has 1 aromatic carbocycles. The fourth-order valence-electron chi connectivity index (χ4n) is 2.25. The quantitative estimate of drug-likeness (QED) is 0.839. The topological polar surface area (TPSA) is 71.2 Å². The third-order valence-corrected chi connectivity index (χ3v) is 3.19. The van der Waals surface area contributed by atoms with E-state index in [9.17, 15) is 10.2 Å². The molecule has 2 N–H and O–H groups in total. The summed E-state index contributed by atoms with van der Waals surface area (Å²) >= 11 is 0. The Morgan fingerprint density at radius 1 is 1.28 bits per heavy atom. The van der Waals surface area contributed by atoms with Crippen molar-refractivity contribution in [3.63, 3.8) is 0 Å². The average molecular weight is 245 g/mol. The van der Waals surface area contributed by atoms with Crippen molar-refractivity contribution in [3.8, 4) is 5.75 Å². The van der Waals surface area contributed by atoms with Crippen LogP contribution in [0.1, 0.15) is 36.3 Å². The molecule has 5 heteroatoms. The van der Waals surface area contributed by atoms with Gasteiger partial charge in [0.25, 0.3) is 0 Å². The zero-order chi connectivity index (χ0) is 12.5. The highest BCUT2D eigenvalue weighted by molar-refractivity contribution is 5.27. The predicted molar refractivity (Wildman–Crippen MR) is 65.1 cm³/mol. The van der Waals surface area contributed by atoms with Gasteiger partial charge in [0.05, 0.1) is 0 Å². The van der Waals surface area contributed by atoms with Crippen LogP contribution in [0.3, 0.4) is 0 Å². The molecular weight excluding hydrogens is 230 g/mol. The predicted octanol–water partition coefficient (Wildman–Crippen LogP) is 1.40. The van der Waals surface area contributed by atoms with E-state index in [1.54, 1.807) is 16.8 Å². The van der Waals surface area contributed by atoms with Crippen molar-refractivity contribution in [1.82, 2.24) is 14.8 Å². The molecule has 1 atom stereocenters. The molecule has 1 aromatic heterocycles. The van der Waals surface area contributed by atoms with Crippen LogP contribution in [0.2, 0.25) is 0 Å². The van der Waals surface area contributed by atoms with Gasteiger partial charge in [0.15, 0.2) is 5.82 Å². The summed E-state index contributed by atoms with van der Waals surface area (Å²) in [6.45, 7) is 0. The van der Waals surface area contributed by atoms with Crippen molar-refractivity contribution < 1.29 is 10.2 Å². The number of aromatic hydroxyl groups is 1. The number of hydrogen-bond donors (Lipinski definition) is 2. The maximum atomic E-state index is 9.80. The third kappa shape index (κ3) is 2.09. The zero-order valence-corrected chi connectivity index (χ0v) is 9.95. The van der Waals surface area contributed by atoms with Gasteiger partial charge in [-0.1, -0.05) is 12.1 Å². The molecule has 0 saturated heterocycles. The number of rotatable bonds is 2. The lowest BCUT2D eigenvalue weighted by atomic mass is 10.1. The second-order valence-electron chi connectivity index (χ2n) is 4.60. The zero-order valence-electron chi connectivity index (χ0n) is 9.95. The molecule has 0 amide bonds. The van der Waals surface area contributed by atoms with Gasteiger partial charge in [-0.25, -0.2) is 9.67 Å². The number of nitrogens with zero attached hydrogens (tertiary/aromatic N) is 3. The number of hydrogen-bond acceptors (Lipinski definition) is 4. The number of benzene rings is 1. The summed E-state index contributed by atoms with van der Waals surface area (Å²) in [5.41, 5.74) is 1.05. The summed E-state index contributed by atoms with van der Waals surface area (Å²) in [4.78, 5) is 4.45. The van der Waals surface area contributed by atoms with E-state index >= 15 is 0 Å². The first-order valence-corrected chi connectivity index (χ1v) is 6.12. The Labute approximate surface area is 105 Å². The largest absolute Gasteiger partial charge is 0.508 e. The molecule has 0 saturated carbocycles. The number of phenols is 1. The first-order chi connectivity index (χ1) is 8.72. The van der Waals surface area contributed by atoms with Gasteiger partial charge < -0.3 is 10.2 Å². The lowest BCUT2D eigenvalue weighted by Crippen LogP contribution is -2.18. The van der Waals surface area contributed by atoms with Crippen molar-refractivity contribution in [3.05, 3.63) is 41.5 Å². The third-order valence-electron chi connectivity index (χ3n) is 3.19. The molecule has 5 nitrogen and oxygen atoms in total. The summed E-state index contributed by atoms with van der Waals surface area (Å²) in [6, 6.07) is 7.01. The van der Waals surface area contributed by atoms with E-state index < -0.39 is 6.23 Å². The van der Waals surface area contributed by atoms with Crippen LogP contribution in [0.25, 0.3) is 0 Å². The molecule has 0 spiro atoms. The molecule has 2 heterocycles. The van der Waals surface area contributed by atoms with Crippen LogP contribution in [0.5, 0.6) is 5.75 Å². The fraction of sp³-hybridized carbons (Fsp3) is 0.385. The summed E-state index contributed by atoms with van der Waals surface area (Å²) in [7, 11) is 0. The second-order valence-corrected chi connectivity index (χ2v) is 4.60. The first kappa shape index (κ1) is 11.2. The van der Waals surface area contributed by atoms with Gasteiger partial charge in [-0.05, 0) is 30.5 Å². The van der Waals surface area contributed by atoms with Crippen LogP contribution in [0, 0.1) is 0 Å². The van der Waals surface area contributed by atoms with E-state index in [0.717, 1.165) is 36.5 Å². The number of aryl methyl sites for hydroxylation is 1. The van der Waals surface area contributed by atoms with Crippen LogP contribution >= 0.6 is 0 Å². The Hall–Kier alpha value is -1.88. The van der Waals surface area contributed by atoms with Crippen molar-refractivity contribution >= 4 is 0 Å². The molecule has 0 aliphatic carbocycles. The molecule has 94 valence electrons. The van der Waals surface area contributed by atoms with Gasteiger partial charge in [-0.15, -0.1) is 0 Å². The Morgan fingerprint density at radius 2 is 2.06 bits per heavy atom. The Kier molecular flexibility index (Phi) is 2.76. The van der Waals surface area contributed by atoms with Gasteiger partial charge in [-0.3, -0.25) is 0 Å². The van der Waals surface area contributed by atoms with E-state index in [-0.39, 0.29) is 5.75 Å². The molecule has 1 aliphatic rings. The number of fused-ring (bicyclic) bond motifs is 1. The molecule has 3 rings (SSSR count). The monoisotopic (exact) mass is 245 g/mol. The van der Waals surface area contributed by atoms with E-state index in [1.165, 1.54) is 0 Å². The Morgan fingerprint density at radius 3 is 2.78 bits per heavy atom. The van der Waals surface area contributed by atoms with Crippen LogP contribution in [0.4, 0.5) is 0 Å². The van der Waals surface area contributed by atoms with Gasteiger partial charge in [0.2, 0.25) is 0 Å². The van der Waals surface area contributed by atoms with Crippen LogP contribution in [-0.4, -0.2) is 25.0 Å². The van der Waals surface area contributed by atoms with Crippen molar-refractivity contribution in [2.45, 2.75) is 31.9 Å². The average Bonchev–Trinajstić information content (AvgIpc) is 2.76.